The van der Waals surface area contributed by atoms with Crippen LogP contribution in [0.4, 0.5) is 0 Å². The minimum absolute atomic E-state index is 0.136. The first-order valence-electron chi connectivity index (χ1n) is 6.26. The molecule has 0 fully saturated rings. The minimum Gasteiger partial charge on any atom is -0.339 e. The van der Waals surface area contributed by atoms with Crippen LogP contribution in [0.2, 0.25) is 0 Å². The van der Waals surface area contributed by atoms with Gasteiger partial charge in [0.25, 0.3) is 0 Å². The molecule has 5 heteroatoms. The van der Waals surface area contributed by atoms with Crippen molar-refractivity contribution < 1.29 is 4.52 Å². The van der Waals surface area contributed by atoms with Gasteiger partial charge in [-0.25, -0.2) is 0 Å². The van der Waals surface area contributed by atoms with Gasteiger partial charge in [-0.3, -0.25) is 0 Å². The van der Waals surface area contributed by atoms with E-state index in [2.05, 4.69) is 30.9 Å². The Balaban J connectivity index is 2.32. The van der Waals surface area contributed by atoms with Crippen molar-refractivity contribution in [3.8, 4) is 0 Å². The predicted molar refractivity (Wildman–Crippen MR) is 71.9 cm³/mol. The smallest absolute Gasteiger partial charge is 0.228 e. The molecule has 0 spiro atoms. The molecule has 0 saturated heterocycles. The molecule has 0 aliphatic rings. The summed E-state index contributed by atoms with van der Waals surface area (Å²) in [5, 5.41) is 3.96. The fraction of sp³-hybridized carbons (Fsp3) is 0.833. The van der Waals surface area contributed by atoms with Crippen LogP contribution in [0.25, 0.3) is 0 Å². The van der Waals surface area contributed by atoms with E-state index in [1.54, 1.807) is 0 Å². The fourth-order valence-electron chi connectivity index (χ4n) is 1.51. The van der Waals surface area contributed by atoms with E-state index in [9.17, 15) is 0 Å². The number of hydrogen-bond acceptors (Lipinski definition) is 5. The van der Waals surface area contributed by atoms with E-state index in [1.807, 2.05) is 11.8 Å². The van der Waals surface area contributed by atoms with Gasteiger partial charge in [0.2, 0.25) is 5.89 Å². The van der Waals surface area contributed by atoms with Gasteiger partial charge in [-0.05, 0) is 18.1 Å². The Morgan fingerprint density at radius 3 is 2.82 bits per heavy atom. The monoisotopic (exact) mass is 257 g/mol. The van der Waals surface area contributed by atoms with Gasteiger partial charge >= 0.3 is 0 Å². The number of nitrogens with zero attached hydrogens (tertiary/aromatic N) is 2. The SMILES string of the molecule is CCCC(N)Cc1nc(CSCC(C)C)no1. The van der Waals surface area contributed by atoms with Gasteiger partial charge in [-0.15, -0.1) is 0 Å². The van der Waals surface area contributed by atoms with E-state index in [0.717, 1.165) is 30.2 Å². The van der Waals surface area contributed by atoms with Gasteiger partial charge in [-0.1, -0.05) is 32.3 Å². The zero-order valence-corrected chi connectivity index (χ0v) is 11.8. The summed E-state index contributed by atoms with van der Waals surface area (Å²) in [6, 6.07) is 0.136. The summed E-state index contributed by atoms with van der Waals surface area (Å²) >= 11 is 1.84. The maximum Gasteiger partial charge on any atom is 0.228 e. The summed E-state index contributed by atoms with van der Waals surface area (Å²) in [4.78, 5) is 4.35. The summed E-state index contributed by atoms with van der Waals surface area (Å²) in [7, 11) is 0. The summed E-state index contributed by atoms with van der Waals surface area (Å²) in [5.41, 5.74) is 5.93. The number of thioether (sulfide) groups is 1. The van der Waals surface area contributed by atoms with E-state index in [1.165, 1.54) is 0 Å². The minimum atomic E-state index is 0.136. The highest BCUT2D eigenvalue weighted by Gasteiger charge is 2.10. The first-order valence-corrected chi connectivity index (χ1v) is 7.42. The molecule has 0 amide bonds. The van der Waals surface area contributed by atoms with Crippen LogP contribution in [0.5, 0.6) is 0 Å². The molecule has 1 aromatic heterocycles. The highest BCUT2D eigenvalue weighted by Crippen LogP contribution is 2.13. The predicted octanol–water partition coefficient (Wildman–Crippen LogP) is 2.63. The molecule has 0 radical (unpaired) electrons. The third-order valence-electron chi connectivity index (χ3n) is 2.29. The molecule has 0 aromatic carbocycles. The molecule has 1 heterocycles. The summed E-state index contributed by atoms with van der Waals surface area (Å²) in [5.74, 6) is 4.11. The summed E-state index contributed by atoms with van der Waals surface area (Å²) < 4.78 is 5.18. The fourth-order valence-corrected chi connectivity index (χ4v) is 2.40. The van der Waals surface area contributed by atoms with Crippen molar-refractivity contribution in [3.05, 3.63) is 11.7 Å². The Kier molecular flexibility index (Phi) is 6.58. The number of rotatable bonds is 8. The molecule has 0 saturated carbocycles. The van der Waals surface area contributed by atoms with Crippen molar-refractivity contribution in [2.75, 3.05) is 5.75 Å². The van der Waals surface area contributed by atoms with Crippen LogP contribution in [0.15, 0.2) is 4.52 Å². The lowest BCUT2D eigenvalue weighted by Gasteiger charge is -2.05. The summed E-state index contributed by atoms with van der Waals surface area (Å²) in [6.45, 7) is 6.54. The average Bonchev–Trinajstić information content (AvgIpc) is 2.65. The van der Waals surface area contributed by atoms with Crippen molar-refractivity contribution in [1.29, 1.82) is 0 Å². The topological polar surface area (TPSA) is 64.9 Å². The Morgan fingerprint density at radius 2 is 2.18 bits per heavy atom. The maximum absolute atomic E-state index is 5.93. The molecule has 1 atom stereocenters. The zero-order chi connectivity index (χ0) is 12.7. The van der Waals surface area contributed by atoms with Gasteiger partial charge in [0.15, 0.2) is 5.82 Å². The van der Waals surface area contributed by atoms with Crippen molar-refractivity contribution in [2.45, 2.75) is 51.8 Å². The van der Waals surface area contributed by atoms with Crippen LogP contribution in [-0.4, -0.2) is 21.9 Å². The molecule has 4 nitrogen and oxygen atoms in total. The lowest BCUT2D eigenvalue weighted by Crippen LogP contribution is -2.22. The molecule has 0 bridgehead atoms. The third kappa shape index (κ3) is 6.07. The van der Waals surface area contributed by atoms with E-state index in [4.69, 9.17) is 10.3 Å². The normalized spacial score (nSPS) is 13.2. The highest BCUT2D eigenvalue weighted by atomic mass is 32.2. The van der Waals surface area contributed by atoms with Crippen LogP contribution in [0.3, 0.4) is 0 Å². The lowest BCUT2D eigenvalue weighted by atomic mass is 10.1. The molecule has 98 valence electrons. The lowest BCUT2D eigenvalue weighted by molar-refractivity contribution is 0.362. The Hall–Kier alpha value is -0.550. The molecule has 1 unspecified atom stereocenters. The quantitative estimate of drug-likeness (QED) is 0.775. The van der Waals surface area contributed by atoms with Gasteiger partial charge in [0.05, 0.1) is 5.75 Å². The Bertz CT molecular complexity index is 314. The molecule has 2 N–H and O–H groups in total. The molecular weight excluding hydrogens is 234 g/mol. The van der Waals surface area contributed by atoms with Crippen molar-refractivity contribution in [3.63, 3.8) is 0 Å². The number of nitrogens with two attached hydrogens (primary N) is 1. The van der Waals surface area contributed by atoms with E-state index in [-0.39, 0.29) is 6.04 Å². The van der Waals surface area contributed by atoms with E-state index >= 15 is 0 Å². The van der Waals surface area contributed by atoms with Crippen molar-refractivity contribution >= 4 is 11.8 Å². The van der Waals surface area contributed by atoms with Crippen molar-refractivity contribution in [1.82, 2.24) is 10.1 Å². The first kappa shape index (κ1) is 14.5. The zero-order valence-electron chi connectivity index (χ0n) is 11.0. The van der Waals surface area contributed by atoms with Crippen LogP contribution < -0.4 is 5.73 Å². The molecule has 0 aliphatic heterocycles. The van der Waals surface area contributed by atoms with Gasteiger partial charge in [0, 0.05) is 12.5 Å². The highest BCUT2D eigenvalue weighted by molar-refractivity contribution is 7.98. The van der Waals surface area contributed by atoms with Gasteiger partial charge in [-0.2, -0.15) is 16.7 Å². The summed E-state index contributed by atoms with van der Waals surface area (Å²) in [6.07, 6.45) is 2.78. The number of aromatic nitrogens is 2. The molecule has 1 rings (SSSR count). The van der Waals surface area contributed by atoms with Crippen LogP contribution in [0, 0.1) is 5.92 Å². The molecule has 17 heavy (non-hydrogen) atoms. The number of hydrogen-bond donors (Lipinski definition) is 1. The van der Waals surface area contributed by atoms with Crippen molar-refractivity contribution in [2.24, 2.45) is 11.7 Å². The Labute approximate surface area is 108 Å². The maximum atomic E-state index is 5.93. The van der Waals surface area contributed by atoms with Crippen LogP contribution in [-0.2, 0) is 12.2 Å². The second-order valence-electron chi connectivity index (χ2n) is 4.77. The standard InChI is InChI=1S/C12H23N3OS/c1-4-5-10(13)6-12-14-11(15-16-12)8-17-7-9(2)3/h9-10H,4-8,13H2,1-3H3. The second-order valence-corrected chi connectivity index (χ2v) is 5.80. The van der Waals surface area contributed by atoms with Crippen LogP contribution in [0.1, 0.15) is 45.3 Å². The molecule has 1 aromatic rings. The molecular formula is C12H23N3OS. The van der Waals surface area contributed by atoms with E-state index < -0.39 is 0 Å². The van der Waals surface area contributed by atoms with E-state index in [0.29, 0.717) is 18.2 Å². The first-order chi connectivity index (χ1) is 8.11. The average molecular weight is 257 g/mol. The largest absolute Gasteiger partial charge is 0.339 e. The molecule has 0 aliphatic carbocycles. The van der Waals surface area contributed by atoms with Crippen LogP contribution >= 0.6 is 11.8 Å². The Morgan fingerprint density at radius 1 is 1.41 bits per heavy atom. The van der Waals surface area contributed by atoms with Gasteiger partial charge in [0.1, 0.15) is 0 Å². The second kappa shape index (κ2) is 7.71. The van der Waals surface area contributed by atoms with Gasteiger partial charge < -0.3 is 10.3 Å². The third-order valence-corrected chi connectivity index (χ3v) is 3.65.